The minimum Gasteiger partial charge on any atom is -0.342 e. The Morgan fingerprint density at radius 1 is 1.36 bits per heavy atom. The van der Waals surface area contributed by atoms with Gasteiger partial charge in [0.1, 0.15) is 12.5 Å². The van der Waals surface area contributed by atoms with Crippen molar-refractivity contribution in [1.82, 2.24) is 14.9 Å². The first-order chi connectivity index (χ1) is 12.0. The van der Waals surface area contributed by atoms with Crippen LogP contribution in [0.3, 0.4) is 0 Å². The maximum Gasteiger partial charge on any atom is 0.253 e. The van der Waals surface area contributed by atoms with E-state index in [0.29, 0.717) is 41.4 Å². The predicted octanol–water partition coefficient (Wildman–Crippen LogP) is 4.40. The number of carbonyl (C=O) groups is 1. The van der Waals surface area contributed by atoms with Crippen LogP contribution in [-0.2, 0) is 13.1 Å². The highest BCUT2D eigenvalue weighted by molar-refractivity contribution is 7.80. The van der Waals surface area contributed by atoms with Gasteiger partial charge in [-0.2, -0.15) is 12.6 Å². The Labute approximate surface area is 154 Å². The monoisotopic (exact) mass is 365 g/mol. The lowest BCUT2D eigenvalue weighted by Gasteiger charge is -2.23. The van der Waals surface area contributed by atoms with Gasteiger partial charge in [-0.15, -0.1) is 0 Å². The number of nitrogens with one attached hydrogen (secondary N) is 1. The third-order valence-electron chi connectivity index (χ3n) is 4.23. The first-order valence-corrected chi connectivity index (χ1v) is 9.61. The highest BCUT2D eigenvalue weighted by atomic mass is 32.1. The van der Waals surface area contributed by atoms with Crippen LogP contribution in [0, 0.1) is 5.92 Å². The zero-order chi connectivity index (χ0) is 18.4. The highest BCUT2D eigenvalue weighted by Gasteiger charge is 2.19. The topological polar surface area (TPSA) is 49.0 Å². The van der Waals surface area contributed by atoms with Crippen molar-refractivity contribution in [3.63, 3.8) is 0 Å². The number of aryl methyl sites for hydroxylation is 1. The van der Waals surface area contributed by atoms with Crippen molar-refractivity contribution in [2.45, 2.75) is 46.7 Å². The van der Waals surface area contributed by atoms with Crippen LogP contribution in [0.5, 0.6) is 0 Å². The third-order valence-corrected chi connectivity index (χ3v) is 4.43. The first-order valence-electron chi connectivity index (χ1n) is 8.97. The Morgan fingerprint density at radius 2 is 2.12 bits per heavy atom. The summed E-state index contributed by atoms with van der Waals surface area (Å²) in [5.74, 6) is 1.89. The van der Waals surface area contributed by atoms with E-state index in [1.54, 1.807) is 17.0 Å². The van der Waals surface area contributed by atoms with Crippen molar-refractivity contribution in [3.05, 3.63) is 29.1 Å². The fourth-order valence-corrected chi connectivity index (χ4v) is 3.09. The number of carbonyl (C=O) groups excluding carboxylic acids is 1. The lowest BCUT2D eigenvalue weighted by Crippen LogP contribution is -2.34. The van der Waals surface area contributed by atoms with Crippen molar-refractivity contribution in [3.8, 4) is 0 Å². The maximum atomic E-state index is 13.5. The van der Waals surface area contributed by atoms with Crippen LogP contribution >= 0.6 is 12.6 Å². The Hall–Kier alpha value is -1.56. The molecular weight excluding hydrogens is 337 g/mol. The van der Waals surface area contributed by atoms with Crippen LogP contribution in [0.4, 0.5) is 4.39 Å². The fourth-order valence-electron chi connectivity index (χ4n) is 2.85. The number of H-pyrrole nitrogens is 1. The molecule has 0 atom stereocenters. The summed E-state index contributed by atoms with van der Waals surface area (Å²) < 4.78 is 13.5. The maximum absolute atomic E-state index is 13.5. The van der Waals surface area contributed by atoms with Crippen LogP contribution in [0.2, 0.25) is 0 Å². The molecule has 0 saturated heterocycles. The second-order valence-corrected chi connectivity index (χ2v) is 7.24. The van der Waals surface area contributed by atoms with Gasteiger partial charge in [-0.1, -0.05) is 20.8 Å². The van der Waals surface area contributed by atoms with Gasteiger partial charge in [0.05, 0.1) is 11.0 Å². The SMILES string of the molecule is CCCc1nc2c(CF)cc(C(=O)N(CCS)CCC(C)C)cc2[nH]1. The van der Waals surface area contributed by atoms with Gasteiger partial charge in [0.2, 0.25) is 0 Å². The summed E-state index contributed by atoms with van der Waals surface area (Å²) in [6.07, 6.45) is 2.70. The van der Waals surface area contributed by atoms with Gasteiger partial charge in [0.15, 0.2) is 0 Å². The van der Waals surface area contributed by atoms with Gasteiger partial charge in [-0.05, 0) is 30.9 Å². The van der Waals surface area contributed by atoms with E-state index >= 15 is 0 Å². The van der Waals surface area contributed by atoms with Gasteiger partial charge < -0.3 is 9.88 Å². The molecule has 0 aliphatic rings. The van der Waals surface area contributed by atoms with Crippen molar-refractivity contribution < 1.29 is 9.18 Å². The van der Waals surface area contributed by atoms with Crippen molar-refractivity contribution >= 4 is 29.6 Å². The third kappa shape index (κ3) is 4.97. The number of rotatable bonds is 9. The van der Waals surface area contributed by atoms with E-state index in [0.717, 1.165) is 30.6 Å². The molecular formula is C19H28FN3OS. The van der Waals surface area contributed by atoms with Crippen molar-refractivity contribution in [1.29, 1.82) is 0 Å². The van der Waals surface area contributed by atoms with Crippen LogP contribution in [0.25, 0.3) is 11.0 Å². The Morgan fingerprint density at radius 3 is 2.72 bits per heavy atom. The molecule has 1 amide bonds. The van der Waals surface area contributed by atoms with E-state index in [-0.39, 0.29) is 5.91 Å². The van der Waals surface area contributed by atoms with E-state index < -0.39 is 6.67 Å². The van der Waals surface area contributed by atoms with Gasteiger partial charge in [-0.25, -0.2) is 9.37 Å². The molecule has 6 heteroatoms. The first kappa shape index (κ1) is 19.8. The molecule has 1 aromatic heterocycles. The molecule has 25 heavy (non-hydrogen) atoms. The van der Waals surface area contributed by atoms with Crippen LogP contribution < -0.4 is 0 Å². The molecule has 0 saturated carbocycles. The van der Waals surface area contributed by atoms with Crippen molar-refractivity contribution in [2.24, 2.45) is 5.92 Å². The molecule has 2 aromatic rings. The van der Waals surface area contributed by atoms with Crippen LogP contribution in [0.15, 0.2) is 12.1 Å². The lowest BCUT2D eigenvalue weighted by atomic mass is 10.1. The van der Waals surface area contributed by atoms with Gasteiger partial charge in [0, 0.05) is 36.4 Å². The second kappa shape index (κ2) is 9.22. The molecule has 1 N–H and O–H groups in total. The molecule has 2 rings (SSSR count). The molecule has 0 aliphatic carbocycles. The van der Waals surface area contributed by atoms with Crippen LogP contribution in [-0.4, -0.2) is 39.6 Å². The average Bonchev–Trinajstić information content (AvgIpc) is 2.99. The number of nitrogens with zero attached hydrogens (tertiary/aromatic N) is 2. The average molecular weight is 366 g/mol. The number of halogens is 1. The summed E-state index contributed by atoms with van der Waals surface area (Å²) in [5.41, 5.74) is 2.34. The van der Waals surface area contributed by atoms with E-state index in [1.165, 1.54) is 0 Å². The van der Waals surface area contributed by atoms with Gasteiger partial charge in [-0.3, -0.25) is 4.79 Å². The standard InChI is InChI=1S/C19H28FN3OS/c1-4-5-17-21-16-11-14(10-15(12-20)18(16)22-17)19(24)23(8-9-25)7-6-13(2)3/h10-11,13,25H,4-9,12H2,1-3H3,(H,21,22). The summed E-state index contributed by atoms with van der Waals surface area (Å²) in [7, 11) is 0. The van der Waals surface area contributed by atoms with Gasteiger partial charge in [0.25, 0.3) is 5.91 Å². The minimum absolute atomic E-state index is 0.0714. The number of amides is 1. The van der Waals surface area contributed by atoms with E-state index in [1.807, 2.05) is 0 Å². The number of hydrogen-bond donors (Lipinski definition) is 2. The van der Waals surface area contributed by atoms with Crippen molar-refractivity contribution in [2.75, 3.05) is 18.8 Å². The second-order valence-electron chi connectivity index (χ2n) is 6.80. The summed E-state index contributed by atoms with van der Waals surface area (Å²) >= 11 is 4.27. The molecule has 1 heterocycles. The molecule has 0 unspecified atom stereocenters. The number of alkyl halides is 1. The van der Waals surface area contributed by atoms with E-state index in [9.17, 15) is 9.18 Å². The molecule has 0 aliphatic heterocycles. The van der Waals surface area contributed by atoms with Crippen LogP contribution in [0.1, 0.15) is 55.4 Å². The molecule has 0 radical (unpaired) electrons. The van der Waals surface area contributed by atoms with E-state index in [2.05, 4.69) is 43.4 Å². The predicted molar refractivity (Wildman–Crippen MR) is 104 cm³/mol. The zero-order valence-corrected chi connectivity index (χ0v) is 16.2. The Bertz CT molecular complexity index is 714. The quantitative estimate of drug-likeness (QED) is 0.647. The zero-order valence-electron chi connectivity index (χ0n) is 15.3. The molecule has 4 nitrogen and oxygen atoms in total. The minimum atomic E-state index is -0.632. The molecule has 0 fully saturated rings. The Kier molecular flexibility index (Phi) is 7.29. The lowest BCUT2D eigenvalue weighted by molar-refractivity contribution is 0.0759. The normalized spacial score (nSPS) is 11.4. The summed E-state index contributed by atoms with van der Waals surface area (Å²) in [4.78, 5) is 22.4. The molecule has 0 bridgehead atoms. The molecule has 1 aromatic carbocycles. The highest BCUT2D eigenvalue weighted by Crippen LogP contribution is 2.22. The Balaban J connectivity index is 2.35. The smallest absolute Gasteiger partial charge is 0.253 e. The largest absolute Gasteiger partial charge is 0.342 e. The number of hydrogen-bond acceptors (Lipinski definition) is 3. The summed E-state index contributed by atoms with van der Waals surface area (Å²) in [6, 6.07) is 3.44. The number of imidazole rings is 1. The molecule has 0 spiro atoms. The number of aromatic amines is 1. The number of fused-ring (bicyclic) bond motifs is 1. The summed E-state index contributed by atoms with van der Waals surface area (Å²) in [5, 5.41) is 0. The number of benzene rings is 1. The van der Waals surface area contributed by atoms with Gasteiger partial charge >= 0.3 is 0 Å². The van der Waals surface area contributed by atoms with E-state index in [4.69, 9.17) is 0 Å². The number of thiol groups is 1. The number of aromatic nitrogens is 2. The summed E-state index contributed by atoms with van der Waals surface area (Å²) in [6.45, 7) is 6.98. The molecule has 138 valence electrons. The fraction of sp³-hybridized carbons (Fsp3) is 0.579.